The molecule has 0 unspecified atom stereocenters. The van der Waals surface area contributed by atoms with E-state index in [4.69, 9.17) is 9.47 Å². The van der Waals surface area contributed by atoms with Crippen molar-refractivity contribution >= 4 is 21.6 Å². The lowest BCUT2D eigenvalue weighted by atomic mass is 10.2. The largest absolute Gasteiger partial charge is 0.490 e. The Bertz CT molecular complexity index is 653. The molecule has 3 nitrogen and oxygen atoms in total. The Morgan fingerprint density at radius 1 is 1.17 bits per heavy atom. The monoisotopic (exact) mass is 375 g/mol. The van der Waals surface area contributed by atoms with Gasteiger partial charge in [-0.15, -0.1) is 0 Å². The molecule has 0 aromatic heterocycles. The number of hydrogen-bond acceptors (Lipinski definition) is 3. The Hall–Kier alpha value is -1.94. The van der Waals surface area contributed by atoms with Gasteiger partial charge in [-0.1, -0.05) is 30.4 Å². The Balaban J connectivity index is 2.15. The normalized spacial score (nSPS) is 10.2. The molecule has 0 atom stereocenters. The van der Waals surface area contributed by atoms with Gasteiger partial charge in [-0.05, 0) is 59.6 Å². The highest BCUT2D eigenvalue weighted by Crippen LogP contribution is 2.37. The smallest absolute Gasteiger partial charge is 0.175 e. The molecule has 4 heteroatoms. The number of hydrogen-bond donors (Lipinski definition) is 1. The molecule has 2 aromatic carbocycles. The standard InChI is InChI=1S/C19H22BrNO2/c1-4-10-23-19-17(20)11-15(12-18(19)22-5-2)13-21-16-8-6-14(3)7-9-16/h4,6-9,11-12,21H,1,5,10,13H2,2-3H3. The molecule has 0 spiro atoms. The maximum atomic E-state index is 5.71. The number of nitrogens with one attached hydrogen (secondary N) is 1. The fraction of sp³-hybridized carbons (Fsp3) is 0.263. The first-order valence-electron chi connectivity index (χ1n) is 7.63. The van der Waals surface area contributed by atoms with Crippen LogP contribution in [0.5, 0.6) is 11.5 Å². The fourth-order valence-electron chi connectivity index (χ4n) is 2.14. The lowest BCUT2D eigenvalue weighted by Crippen LogP contribution is -2.03. The van der Waals surface area contributed by atoms with Crippen LogP contribution in [0.25, 0.3) is 0 Å². The van der Waals surface area contributed by atoms with Crippen molar-refractivity contribution in [3.63, 3.8) is 0 Å². The lowest BCUT2D eigenvalue weighted by Gasteiger charge is -2.15. The summed E-state index contributed by atoms with van der Waals surface area (Å²) in [5.41, 5.74) is 3.46. The van der Waals surface area contributed by atoms with Crippen molar-refractivity contribution in [3.8, 4) is 11.5 Å². The average molecular weight is 376 g/mol. The van der Waals surface area contributed by atoms with Gasteiger partial charge >= 0.3 is 0 Å². The summed E-state index contributed by atoms with van der Waals surface area (Å²) in [5.74, 6) is 1.45. The predicted octanol–water partition coefficient (Wildman–Crippen LogP) is 5.33. The van der Waals surface area contributed by atoms with Crippen LogP contribution < -0.4 is 14.8 Å². The molecule has 0 saturated carbocycles. The van der Waals surface area contributed by atoms with Gasteiger partial charge in [0.25, 0.3) is 0 Å². The van der Waals surface area contributed by atoms with Gasteiger partial charge in [0.05, 0.1) is 11.1 Å². The number of benzene rings is 2. The van der Waals surface area contributed by atoms with E-state index in [1.54, 1.807) is 6.08 Å². The minimum atomic E-state index is 0.444. The van der Waals surface area contributed by atoms with Crippen molar-refractivity contribution in [3.05, 3.63) is 64.7 Å². The summed E-state index contributed by atoms with van der Waals surface area (Å²) in [4.78, 5) is 0. The third-order valence-electron chi connectivity index (χ3n) is 3.26. The van der Waals surface area contributed by atoms with E-state index >= 15 is 0 Å². The molecule has 23 heavy (non-hydrogen) atoms. The van der Waals surface area contributed by atoms with Crippen LogP contribution in [0, 0.1) is 6.92 Å². The molecule has 0 saturated heterocycles. The lowest BCUT2D eigenvalue weighted by molar-refractivity contribution is 0.295. The van der Waals surface area contributed by atoms with Gasteiger partial charge < -0.3 is 14.8 Å². The number of aryl methyl sites for hydroxylation is 1. The number of ether oxygens (including phenoxy) is 2. The zero-order valence-corrected chi connectivity index (χ0v) is 15.2. The van der Waals surface area contributed by atoms with E-state index < -0.39 is 0 Å². The molecule has 122 valence electrons. The zero-order chi connectivity index (χ0) is 16.7. The molecule has 0 amide bonds. The second-order valence-electron chi connectivity index (χ2n) is 5.16. The van der Waals surface area contributed by atoms with Crippen molar-refractivity contribution in [2.75, 3.05) is 18.5 Å². The molecule has 0 aliphatic carbocycles. The van der Waals surface area contributed by atoms with E-state index in [-0.39, 0.29) is 0 Å². The second-order valence-corrected chi connectivity index (χ2v) is 6.01. The third-order valence-corrected chi connectivity index (χ3v) is 3.85. The van der Waals surface area contributed by atoms with E-state index in [1.165, 1.54) is 5.56 Å². The van der Waals surface area contributed by atoms with Crippen molar-refractivity contribution in [2.24, 2.45) is 0 Å². The quantitative estimate of drug-likeness (QED) is 0.632. The summed E-state index contributed by atoms with van der Waals surface area (Å²) in [7, 11) is 0. The van der Waals surface area contributed by atoms with E-state index in [1.807, 2.05) is 19.1 Å². The van der Waals surface area contributed by atoms with Crippen molar-refractivity contribution in [1.82, 2.24) is 0 Å². The fourth-order valence-corrected chi connectivity index (χ4v) is 2.75. The maximum Gasteiger partial charge on any atom is 0.175 e. The first-order valence-corrected chi connectivity index (χ1v) is 8.42. The van der Waals surface area contributed by atoms with Gasteiger partial charge in [-0.2, -0.15) is 0 Å². The summed E-state index contributed by atoms with van der Waals surface area (Å²) < 4.78 is 12.3. The SMILES string of the molecule is C=CCOc1c(Br)cc(CNc2ccc(C)cc2)cc1OCC. The molecule has 2 aromatic rings. The van der Waals surface area contributed by atoms with Gasteiger partial charge in [-0.25, -0.2) is 0 Å². The van der Waals surface area contributed by atoms with Crippen LogP contribution in [0.4, 0.5) is 5.69 Å². The summed E-state index contributed by atoms with van der Waals surface area (Å²) in [6.45, 7) is 9.46. The molecule has 0 aliphatic heterocycles. The molecule has 1 N–H and O–H groups in total. The first kappa shape index (κ1) is 17.4. The first-order chi connectivity index (χ1) is 11.1. The number of halogens is 1. The second kappa shape index (κ2) is 8.63. The molecule has 0 radical (unpaired) electrons. The third kappa shape index (κ3) is 5.03. The highest BCUT2D eigenvalue weighted by atomic mass is 79.9. The summed E-state index contributed by atoms with van der Waals surface area (Å²) >= 11 is 3.57. The summed E-state index contributed by atoms with van der Waals surface area (Å²) in [6.07, 6.45) is 1.72. The maximum absolute atomic E-state index is 5.71. The van der Waals surface area contributed by atoms with Crippen LogP contribution in [0.15, 0.2) is 53.5 Å². The van der Waals surface area contributed by atoms with Crippen LogP contribution in [0.1, 0.15) is 18.1 Å². The molecule has 0 bridgehead atoms. The minimum Gasteiger partial charge on any atom is -0.490 e. The van der Waals surface area contributed by atoms with Crippen molar-refractivity contribution in [2.45, 2.75) is 20.4 Å². The highest BCUT2D eigenvalue weighted by molar-refractivity contribution is 9.10. The molecule has 0 aliphatic rings. The predicted molar refractivity (Wildman–Crippen MR) is 99.5 cm³/mol. The van der Waals surface area contributed by atoms with Crippen LogP contribution >= 0.6 is 15.9 Å². The Morgan fingerprint density at radius 3 is 2.57 bits per heavy atom. The highest BCUT2D eigenvalue weighted by Gasteiger charge is 2.12. The van der Waals surface area contributed by atoms with Crippen molar-refractivity contribution < 1.29 is 9.47 Å². The number of anilines is 1. The Labute approximate surface area is 146 Å². The van der Waals surface area contributed by atoms with Gasteiger partial charge in [0.1, 0.15) is 6.61 Å². The van der Waals surface area contributed by atoms with E-state index in [0.29, 0.717) is 25.5 Å². The van der Waals surface area contributed by atoms with Gasteiger partial charge in [0.2, 0.25) is 0 Å². The summed E-state index contributed by atoms with van der Waals surface area (Å²) in [5, 5.41) is 3.41. The topological polar surface area (TPSA) is 30.5 Å². The molecular weight excluding hydrogens is 354 g/mol. The minimum absolute atomic E-state index is 0.444. The Morgan fingerprint density at radius 2 is 1.91 bits per heavy atom. The van der Waals surface area contributed by atoms with E-state index in [0.717, 1.165) is 21.5 Å². The van der Waals surface area contributed by atoms with Gasteiger partial charge in [-0.3, -0.25) is 0 Å². The van der Waals surface area contributed by atoms with Crippen LogP contribution in [-0.2, 0) is 6.54 Å². The van der Waals surface area contributed by atoms with Gasteiger partial charge in [0.15, 0.2) is 11.5 Å². The molecule has 0 fully saturated rings. The zero-order valence-electron chi connectivity index (χ0n) is 13.6. The Kier molecular flexibility index (Phi) is 6.53. The van der Waals surface area contributed by atoms with Crippen molar-refractivity contribution in [1.29, 1.82) is 0 Å². The van der Waals surface area contributed by atoms with Crippen LogP contribution in [0.3, 0.4) is 0 Å². The molecule has 0 heterocycles. The van der Waals surface area contributed by atoms with Crippen LogP contribution in [-0.4, -0.2) is 13.2 Å². The van der Waals surface area contributed by atoms with E-state index in [9.17, 15) is 0 Å². The van der Waals surface area contributed by atoms with E-state index in [2.05, 4.69) is 59.0 Å². The molecule has 2 rings (SSSR count). The average Bonchev–Trinajstić information content (AvgIpc) is 2.54. The molecular formula is C19H22BrNO2. The summed E-state index contributed by atoms with van der Waals surface area (Å²) in [6, 6.07) is 12.4. The van der Waals surface area contributed by atoms with Gasteiger partial charge in [0, 0.05) is 12.2 Å². The van der Waals surface area contributed by atoms with Crippen LogP contribution in [0.2, 0.25) is 0 Å². The number of rotatable bonds is 8.